The van der Waals surface area contributed by atoms with Crippen molar-refractivity contribution in [3.8, 4) is 11.1 Å². The predicted octanol–water partition coefficient (Wildman–Crippen LogP) is 4.55. The first kappa shape index (κ1) is 39.4. The van der Waals surface area contributed by atoms with E-state index in [1.54, 1.807) is 20.8 Å². The number of fused-ring (bicyclic) bond motifs is 3. The molecule has 52 heavy (non-hydrogen) atoms. The highest BCUT2D eigenvalue weighted by atomic mass is 16.6. The zero-order chi connectivity index (χ0) is 37.8. The molecule has 0 radical (unpaired) electrons. The van der Waals surface area contributed by atoms with Crippen molar-refractivity contribution in [3.63, 3.8) is 0 Å². The Bertz CT molecular complexity index is 1670. The molecule has 1 aliphatic rings. The molecule has 3 amide bonds. The molecule has 12 nitrogen and oxygen atoms in total. The number of benzene rings is 3. The second kappa shape index (κ2) is 18.2. The number of nitrogens with two attached hydrogens (primary N) is 2. The van der Waals surface area contributed by atoms with E-state index >= 15 is 0 Å². The van der Waals surface area contributed by atoms with Gasteiger partial charge in [-0.25, -0.2) is 9.59 Å². The van der Waals surface area contributed by atoms with Crippen molar-refractivity contribution >= 4 is 29.8 Å². The highest BCUT2D eigenvalue weighted by Crippen LogP contribution is 2.44. The van der Waals surface area contributed by atoms with Crippen molar-refractivity contribution in [1.82, 2.24) is 16.0 Å². The van der Waals surface area contributed by atoms with Crippen LogP contribution in [0.4, 0.5) is 4.79 Å². The summed E-state index contributed by atoms with van der Waals surface area (Å²) in [5.41, 5.74) is 15.3. The highest BCUT2D eigenvalue weighted by molar-refractivity contribution is 5.93. The van der Waals surface area contributed by atoms with Gasteiger partial charge in [-0.05, 0) is 73.8 Å². The Balaban J connectivity index is 1.51. The molecule has 0 saturated heterocycles. The molecule has 0 spiro atoms. The normalized spacial score (nSPS) is 13.9. The molecule has 3 aromatic carbocycles. The van der Waals surface area contributed by atoms with Gasteiger partial charge in [0.15, 0.2) is 5.96 Å². The number of hydrogen-bond donors (Lipinski definition) is 5. The number of carbonyl (C=O) groups excluding carboxylic acids is 4. The summed E-state index contributed by atoms with van der Waals surface area (Å²) in [6, 6.07) is 22.1. The summed E-state index contributed by atoms with van der Waals surface area (Å²) in [6.45, 7) is 9.40. The molecule has 4 rings (SSSR count). The Hall–Kier alpha value is -5.39. The van der Waals surface area contributed by atoms with Crippen molar-refractivity contribution in [2.75, 3.05) is 13.2 Å². The van der Waals surface area contributed by atoms with E-state index in [9.17, 15) is 19.2 Å². The molecular formula is C40H52N6O6. The minimum absolute atomic E-state index is 0.0596. The number of ether oxygens (including phenoxy) is 2. The fourth-order valence-corrected chi connectivity index (χ4v) is 6.22. The number of carbonyl (C=O) groups is 4. The maximum atomic E-state index is 14.0. The largest absolute Gasteiger partial charge is 0.458 e. The third-order valence-electron chi connectivity index (χ3n) is 8.53. The van der Waals surface area contributed by atoms with E-state index in [1.165, 1.54) is 0 Å². The van der Waals surface area contributed by atoms with E-state index in [2.05, 4.69) is 33.1 Å². The standard InChI is InChI=1S/C40H52N6O6/c1-25(2)22-34(37(49)52-40(3,4)5)45-35(47)32(20-13-21-43-38(41)42)44-36(48)33(23-26-14-7-6-8-15-26)46-39(50)51-24-31-29-18-11-9-16-27(29)28-17-10-12-19-30(28)31/h6-12,14-19,25,31-34H,13,20-24H2,1-5H3,(H,44,48)(H,45,47)(H,46,50)(H4,41,42,43)/t32-,33-,34-/m0/s1. The average Bonchev–Trinajstić information content (AvgIpc) is 3.40. The molecule has 278 valence electrons. The van der Waals surface area contributed by atoms with Crippen molar-refractivity contribution in [3.05, 3.63) is 95.6 Å². The summed E-state index contributed by atoms with van der Waals surface area (Å²) in [5, 5.41) is 8.35. The molecule has 3 aromatic rings. The molecule has 0 saturated carbocycles. The van der Waals surface area contributed by atoms with Gasteiger partial charge in [-0.1, -0.05) is 92.7 Å². The summed E-state index contributed by atoms with van der Waals surface area (Å²) in [6.07, 6.45) is 0.192. The van der Waals surface area contributed by atoms with Gasteiger partial charge in [0, 0.05) is 18.9 Å². The predicted molar refractivity (Wildman–Crippen MR) is 201 cm³/mol. The van der Waals surface area contributed by atoms with Gasteiger partial charge in [0.1, 0.15) is 30.3 Å². The summed E-state index contributed by atoms with van der Waals surface area (Å²) in [7, 11) is 0. The number of aliphatic imine (C=N–C) groups is 1. The van der Waals surface area contributed by atoms with Crippen LogP contribution in [0.1, 0.15) is 76.5 Å². The molecule has 0 heterocycles. The van der Waals surface area contributed by atoms with Crippen LogP contribution in [-0.4, -0.2) is 66.7 Å². The van der Waals surface area contributed by atoms with Crippen LogP contribution in [0, 0.1) is 5.92 Å². The quantitative estimate of drug-likeness (QED) is 0.0619. The van der Waals surface area contributed by atoms with Gasteiger partial charge in [-0.3, -0.25) is 14.6 Å². The second-order valence-corrected chi connectivity index (χ2v) is 14.4. The Kier molecular flexibility index (Phi) is 13.8. The number of esters is 1. The van der Waals surface area contributed by atoms with Crippen LogP contribution in [0.5, 0.6) is 0 Å². The third kappa shape index (κ3) is 11.6. The molecule has 3 atom stereocenters. The molecule has 7 N–H and O–H groups in total. The van der Waals surface area contributed by atoms with Gasteiger partial charge < -0.3 is 36.9 Å². The number of hydrogen-bond acceptors (Lipinski definition) is 7. The molecule has 0 aliphatic heterocycles. The van der Waals surface area contributed by atoms with E-state index in [0.29, 0.717) is 12.8 Å². The molecule has 12 heteroatoms. The fraction of sp³-hybridized carbons (Fsp3) is 0.425. The van der Waals surface area contributed by atoms with Gasteiger partial charge >= 0.3 is 12.1 Å². The van der Waals surface area contributed by atoms with E-state index in [4.69, 9.17) is 20.9 Å². The first-order valence-corrected chi connectivity index (χ1v) is 17.8. The average molecular weight is 713 g/mol. The Morgan fingerprint density at radius 2 is 1.33 bits per heavy atom. The zero-order valence-electron chi connectivity index (χ0n) is 30.7. The van der Waals surface area contributed by atoms with Crippen molar-refractivity contribution in [1.29, 1.82) is 0 Å². The zero-order valence-corrected chi connectivity index (χ0v) is 30.7. The van der Waals surface area contributed by atoms with Gasteiger partial charge in [0.25, 0.3) is 0 Å². The number of nitrogens with zero attached hydrogens (tertiary/aromatic N) is 1. The van der Waals surface area contributed by atoms with Crippen molar-refractivity contribution in [2.45, 2.75) is 89.9 Å². The number of guanidine groups is 1. The van der Waals surface area contributed by atoms with E-state index in [0.717, 1.165) is 27.8 Å². The van der Waals surface area contributed by atoms with Gasteiger partial charge in [0.05, 0.1) is 0 Å². The van der Waals surface area contributed by atoms with Crippen LogP contribution < -0.4 is 27.4 Å². The molecule has 1 aliphatic carbocycles. The SMILES string of the molecule is CC(C)C[C@H](NC(=O)[C@H](CCCN=C(N)N)NC(=O)[C@H](Cc1ccccc1)NC(=O)OCC1c2ccccc2-c2ccccc21)C(=O)OC(C)(C)C. The summed E-state index contributed by atoms with van der Waals surface area (Å²) in [4.78, 5) is 58.3. The highest BCUT2D eigenvalue weighted by Gasteiger charge is 2.33. The lowest BCUT2D eigenvalue weighted by atomic mass is 9.98. The number of rotatable bonds is 16. The van der Waals surface area contributed by atoms with Gasteiger partial charge in [0.2, 0.25) is 11.8 Å². The lowest BCUT2D eigenvalue weighted by Crippen LogP contribution is -2.56. The Morgan fingerprint density at radius 3 is 1.90 bits per heavy atom. The van der Waals surface area contributed by atoms with Gasteiger partial charge in [-0.2, -0.15) is 0 Å². The number of amides is 3. The topological polar surface area (TPSA) is 187 Å². The maximum absolute atomic E-state index is 14.0. The molecule has 0 fully saturated rings. The van der Waals surface area contributed by atoms with Crippen LogP contribution in [0.2, 0.25) is 0 Å². The second-order valence-electron chi connectivity index (χ2n) is 14.4. The first-order valence-electron chi connectivity index (χ1n) is 17.8. The monoisotopic (exact) mass is 712 g/mol. The number of alkyl carbamates (subject to hydrolysis) is 1. The van der Waals surface area contributed by atoms with E-state index < -0.39 is 47.6 Å². The lowest BCUT2D eigenvalue weighted by molar-refractivity contribution is -0.159. The smallest absolute Gasteiger partial charge is 0.407 e. The number of nitrogens with one attached hydrogen (secondary N) is 3. The fourth-order valence-electron chi connectivity index (χ4n) is 6.22. The molecule has 0 bridgehead atoms. The molecular weight excluding hydrogens is 660 g/mol. The lowest BCUT2D eigenvalue weighted by Gasteiger charge is -2.28. The van der Waals surface area contributed by atoms with Crippen LogP contribution in [0.3, 0.4) is 0 Å². The van der Waals surface area contributed by atoms with Crippen molar-refractivity contribution in [2.24, 2.45) is 22.4 Å². The van der Waals surface area contributed by atoms with Gasteiger partial charge in [-0.15, -0.1) is 0 Å². The van der Waals surface area contributed by atoms with Crippen LogP contribution in [-0.2, 0) is 30.3 Å². The van der Waals surface area contributed by atoms with Crippen LogP contribution in [0.25, 0.3) is 11.1 Å². The molecule has 0 aromatic heterocycles. The summed E-state index contributed by atoms with van der Waals surface area (Å²) >= 11 is 0. The minimum atomic E-state index is -1.09. The maximum Gasteiger partial charge on any atom is 0.407 e. The van der Waals surface area contributed by atoms with E-state index in [-0.39, 0.29) is 43.8 Å². The molecule has 0 unspecified atom stereocenters. The van der Waals surface area contributed by atoms with Crippen LogP contribution in [0.15, 0.2) is 83.9 Å². The van der Waals surface area contributed by atoms with Crippen LogP contribution >= 0.6 is 0 Å². The summed E-state index contributed by atoms with van der Waals surface area (Å²) in [5.74, 6) is -1.95. The van der Waals surface area contributed by atoms with Crippen molar-refractivity contribution < 1.29 is 28.7 Å². The minimum Gasteiger partial charge on any atom is -0.458 e. The Morgan fingerprint density at radius 1 is 0.769 bits per heavy atom. The first-order chi connectivity index (χ1) is 24.7. The van der Waals surface area contributed by atoms with E-state index in [1.807, 2.05) is 80.6 Å². The Labute approximate surface area is 306 Å². The third-order valence-corrected chi connectivity index (χ3v) is 8.53. The summed E-state index contributed by atoms with van der Waals surface area (Å²) < 4.78 is 11.4.